The van der Waals surface area contributed by atoms with E-state index in [2.05, 4.69) is 0 Å². The first-order valence-corrected chi connectivity index (χ1v) is 5.78. The first-order chi connectivity index (χ1) is 8.56. The second-order valence-corrected chi connectivity index (χ2v) is 3.80. The highest BCUT2D eigenvalue weighted by atomic mass is 35.5. The average molecular weight is 269 g/mol. The minimum Gasteiger partial charge on any atom is -0.478 e. The predicted molar refractivity (Wildman–Crippen MR) is 68.7 cm³/mol. The third-order valence-corrected chi connectivity index (χ3v) is 2.57. The summed E-state index contributed by atoms with van der Waals surface area (Å²) < 4.78 is 4.75. The third-order valence-electron chi connectivity index (χ3n) is 2.15. The Morgan fingerprint density at radius 3 is 2.78 bits per heavy atom. The number of rotatable bonds is 5. The number of aromatic carboxylic acids is 1. The van der Waals surface area contributed by atoms with E-state index in [9.17, 15) is 9.59 Å². The lowest BCUT2D eigenvalue weighted by atomic mass is 10.1. The van der Waals surface area contributed by atoms with Crippen LogP contribution in [0.3, 0.4) is 0 Å². The molecule has 18 heavy (non-hydrogen) atoms. The molecule has 1 N–H and O–H groups in total. The van der Waals surface area contributed by atoms with E-state index in [0.29, 0.717) is 12.2 Å². The van der Waals surface area contributed by atoms with Crippen LogP contribution in [0.25, 0.3) is 6.08 Å². The van der Waals surface area contributed by atoms with Gasteiger partial charge in [-0.1, -0.05) is 35.9 Å². The average Bonchev–Trinajstić information content (AvgIpc) is 2.31. The molecule has 0 saturated heterocycles. The SMILES string of the molecule is CCOC(=O)CC=Cc1cccc(C(=O)O)c1Cl. The van der Waals surface area contributed by atoms with Gasteiger partial charge in [0.15, 0.2) is 0 Å². The summed E-state index contributed by atoms with van der Waals surface area (Å²) >= 11 is 5.93. The van der Waals surface area contributed by atoms with Crippen LogP contribution in [0.2, 0.25) is 5.02 Å². The second kappa shape index (κ2) is 6.81. The molecule has 0 bridgehead atoms. The summed E-state index contributed by atoms with van der Waals surface area (Å²) in [6.45, 7) is 2.07. The number of benzene rings is 1. The van der Waals surface area contributed by atoms with Crippen molar-refractivity contribution in [2.24, 2.45) is 0 Å². The number of carboxylic acid groups (broad SMARTS) is 1. The molecular weight excluding hydrogens is 256 g/mol. The van der Waals surface area contributed by atoms with Gasteiger partial charge in [-0.05, 0) is 18.6 Å². The molecule has 4 nitrogen and oxygen atoms in total. The number of carboxylic acids is 1. The number of hydrogen-bond acceptors (Lipinski definition) is 3. The maximum Gasteiger partial charge on any atom is 0.337 e. The Hall–Kier alpha value is -1.81. The van der Waals surface area contributed by atoms with E-state index in [1.165, 1.54) is 6.07 Å². The molecule has 0 aliphatic heterocycles. The van der Waals surface area contributed by atoms with Crippen LogP contribution in [0.15, 0.2) is 24.3 Å². The standard InChI is InChI=1S/C13H13ClO4/c1-2-18-11(15)8-4-6-9-5-3-7-10(12(9)14)13(16)17/h3-7H,2,8H2,1H3,(H,16,17). The summed E-state index contributed by atoms with van der Waals surface area (Å²) in [5.41, 5.74) is 0.593. The fourth-order valence-corrected chi connectivity index (χ4v) is 1.62. The molecule has 0 amide bonds. The minimum absolute atomic E-state index is 0.0370. The lowest BCUT2D eigenvalue weighted by molar-refractivity contribution is -0.142. The fraction of sp³-hybridized carbons (Fsp3) is 0.231. The van der Waals surface area contributed by atoms with E-state index < -0.39 is 5.97 Å². The van der Waals surface area contributed by atoms with Crippen molar-refractivity contribution in [2.45, 2.75) is 13.3 Å². The predicted octanol–water partition coefficient (Wildman–Crippen LogP) is 3.00. The molecule has 1 rings (SSSR count). The molecule has 5 heteroatoms. The second-order valence-electron chi connectivity index (χ2n) is 3.43. The number of halogens is 1. The number of carbonyl (C=O) groups is 2. The van der Waals surface area contributed by atoms with Crippen LogP contribution in [0.4, 0.5) is 0 Å². The topological polar surface area (TPSA) is 63.6 Å². The Balaban J connectivity index is 2.79. The van der Waals surface area contributed by atoms with Gasteiger partial charge in [-0.3, -0.25) is 4.79 Å². The van der Waals surface area contributed by atoms with Crippen molar-refractivity contribution in [3.8, 4) is 0 Å². The lowest BCUT2D eigenvalue weighted by Crippen LogP contribution is -2.01. The van der Waals surface area contributed by atoms with Crippen molar-refractivity contribution in [1.82, 2.24) is 0 Å². The first kappa shape index (κ1) is 14.3. The summed E-state index contributed by atoms with van der Waals surface area (Å²) in [6.07, 6.45) is 3.32. The van der Waals surface area contributed by atoms with Crippen LogP contribution in [-0.4, -0.2) is 23.7 Å². The molecule has 0 radical (unpaired) electrons. The first-order valence-electron chi connectivity index (χ1n) is 5.40. The highest BCUT2D eigenvalue weighted by Gasteiger charge is 2.10. The van der Waals surface area contributed by atoms with Crippen LogP contribution in [0.5, 0.6) is 0 Å². The molecular formula is C13H13ClO4. The van der Waals surface area contributed by atoms with Crippen molar-refractivity contribution in [3.63, 3.8) is 0 Å². The molecule has 0 aromatic heterocycles. The van der Waals surface area contributed by atoms with Gasteiger partial charge in [0.1, 0.15) is 0 Å². The van der Waals surface area contributed by atoms with E-state index in [1.807, 2.05) is 0 Å². The van der Waals surface area contributed by atoms with Gasteiger partial charge in [0, 0.05) is 0 Å². The van der Waals surface area contributed by atoms with Gasteiger partial charge in [0.05, 0.1) is 23.6 Å². The Bertz CT molecular complexity index is 480. The molecule has 0 aliphatic carbocycles. The van der Waals surface area contributed by atoms with E-state index in [1.54, 1.807) is 31.2 Å². The van der Waals surface area contributed by atoms with E-state index in [-0.39, 0.29) is 23.0 Å². The van der Waals surface area contributed by atoms with Crippen molar-refractivity contribution >= 4 is 29.6 Å². The third kappa shape index (κ3) is 3.89. The van der Waals surface area contributed by atoms with Crippen molar-refractivity contribution in [1.29, 1.82) is 0 Å². The summed E-state index contributed by atoms with van der Waals surface area (Å²) in [5.74, 6) is -1.42. The maximum atomic E-state index is 11.1. The van der Waals surface area contributed by atoms with Gasteiger partial charge < -0.3 is 9.84 Å². The zero-order valence-electron chi connectivity index (χ0n) is 9.85. The number of carbonyl (C=O) groups excluding carboxylic acids is 1. The molecule has 0 aliphatic rings. The molecule has 0 heterocycles. The van der Waals surface area contributed by atoms with Crippen LogP contribution < -0.4 is 0 Å². The summed E-state index contributed by atoms with van der Waals surface area (Å²) in [4.78, 5) is 22.0. The van der Waals surface area contributed by atoms with Gasteiger partial charge >= 0.3 is 11.9 Å². The highest BCUT2D eigenvalue weighted by molar-refractivity contribution is 6.34. The molecule has 96 valence electrons. The minimum atomic E-state index is -1.08. The zero-order chi connectivity index (χ0) is 13.5. The maximum absolute atomic E-state index is 11.1. The van der Waals surface area contributed by atoms with Gasteiger partial charge in [0.25, 0.3) is 0 Å². The zero-order valence-corrected chi connectivity index (χ0v) is 10.6. The van der Waals surface area contributed by atoms with Gasteiger partial charge in [-0.25, -0.2) is 4.79 Å². The number of hydrogen-bond donors (Lipinski definition) is 1. The van der Waals surface area contributed by atoms with Crippen LogP contribution in [0, 0.1) is 0 Å². The quantitative estimate of drug-likeness (QED) is 0.834. The monoisotopic (exact) mass is 268 g/mol. The largest absolute Gasteiger partial charge is 0.478 e. The molecule has 0 fully saturated rings. The van der Waals surface area contributed by atoms with Crippen molar-refractivity contribution in [3.05, 3.63) is 40.4 Å². The lowest BCUT2D eigenvalue weighted by Gasteiger charge is -2.02. The van der Waals surface area contributed by atoms with Gasteiger partial charge in [0.2, 0.25) is 0 Å². The van der Waals surface area contributed by atoms with Crippen molar-refractivity contribution in [2.75, 3.05) is 6.61 Å². The van der Waals surface area contributed by atoms with E-state index >= 15 is 0 Å². The van der Waals surface area contributed by atoms with E-state index in [4.69, 9.17) is 21.4 Å². The Morgan fingerprint density at radius 1 is 1.44 bits per heavy atom. The Labute approximate surface area is 110 Å². The fourth-order valence-electron chi connectivity index (χ4n) is 1.35. The Kier molecular flexibility index (Phi) is 5.39. The molecule has 1 aromatic carbocycles. The summed E-state index contributed by atoms with van der Waals surface area (Å²) in [6, 6.07) is 4.70. The molecule has 0 atom stereocenters. The summed E-state index contributed by atoms with van der Waals surface area (Å²) in [5, 5.41) is 9.05. The summed E-state index contributed by atoms with van der Waals surface area (Å²) in [7, 11) is 0. The van der Waals surface area contributed by atoms with Crippen LogP contribution in [-0.2, 0) is 9.53 Å². The number of ether oxygens (including phenoxy) is 1. The molecule has 0 unspecified atom stereocenters. The molecule has 0 spiro atoms. The normalized spacial score (nSPS) is 10.6. The number of esters is 1. The molecule has 0 saturated carbocycles. The van der Waals surface area contributed by atoms with Gasteiger partial charge in [-0.2, -0.15) is 0 Å². The van der Waals surface area contributed by atoms with Crippen molar-refractivity contribution < 1.29 is 19.4 Å². The Morgan fingerprint density at radius 2 is 2.17 bits per heavy atom. The smallest absolute Gasteiger partial charge is 0.337 e. The highest BCUT2D eigenvalue weighted by Crippen LogP contribution is 2.22. The van der Waals surface area contributed by atoms with E-state index in [0.717, 1.165) is 0 Å². The van der Waals surface area contributed by atoms with Gasteiger partial charge in [-0.15, -0.1) is 0 Å². The van der Waals surface area contributed by atoms with Crippen LogP contribution in [0.1, 0.15) is 29.3 Å². The van der Waals surface area contributed by atoms with Crippen LogP contribution >= 0.6 is 11.6 Å². The molecule has 1 aromatic rings.